The molecule has 0 radical (unpaired) electrons. The second-order valence-electron chi connectivity index (χ2n) is 7.85. The van der Waals surface area contributed by atoms with Crippen LogP contribution in [0.4, 0.5) is 5.82 Å². The first-order valence-electron chi connectivity index (χ1n) is 11.0. The van der Waals surface area contributed by atoms with E-state index in [0.29, 0.717) is 38.8 Å². The van der Waals surface area contributed by atoms with Crippen LogP contribution in [-0.4, -0.2) is 54.1 Å². The largest absolute Gasteiger partial charge is 0.463 e. The predicted octanol–water partition coefficient (Wildman–Crippen LogP) is 3.57. The van der Waals surface area contributed by atoms with Crippen molar-refractivity contribution in [3.8, 4) is 6.01 Å². The van der Waals surface area contributed by atoms with Crippen molar-refractivity contribution in [2.24, 2.45) is 4.99 Å². The first kappa shape index (κ1) is 21.9. The molecule has 4 rings (SSSR count). The number of hydrogen-bond donors (Lipinski definition) is 0. The number of nitrogens with zero attached hydrogens (tertiary/aromatic N) is 5. The third-order valence-corrected chi connectivity index (χ3v) is 5.35. The van der Waals surface area contributed by atoms with E-state index in [1.165, 1.54) is 16.7 Å². The van der Waals surface area contributed by atoms with Gasteiger partial charge < -0.3 is 14.4 Å². The molecule has 1 aliphatic rings. The third kappa shape index (κ3) is 6.11. The molecule has 0 N–H and O–H groups in total. The normalized spacial score (nSPS) is 14.1. The van der Waals surface area contributed by atoms with E-state index in [2.05, 4.69) is 56.9 Å². The van der Waals surface area contributed by atoms with E-state index in [0.717, 1.165) is 30.3 Å². The number of aryl methyl sites for hydroxylation is 2. The molecule has 166 valence electrons. The molecule has 3 aromatic rings. The molecular formula is C25H29N5O2. The van der Waals surface area contributed by atoms with Crippen LogP contribution >= 0.6 is 0 Å². The summed E-state index contributed by atoms with van der Waals surface area (Å²) in [5.74, 6) is 0.837. The van der Waals surface area contributed by atoms with Gasteiger partial charge in [-0.25, -0.2) is 0 Å². The van der Waals surface area contributed by atoms with Gasteiger partial charge in [0.1, 0.15) is 5.82 Å². The smallest absolute Gasteiger partial charge is 0.318 e. The molecule has 7 nitrogen and oxygen atoms in total. The molecule has 0 saturated carbocycles. The van der Waals surface area contributed by atoms with Gasteiger partial charge in [0.2, 0.25) is 0 Å². The minimum Gasteiger partial charge on any atom is -0.463 e. The number of hydrogen-bond acceptors (Lipinski definition) is 7. The summed E-state index contributed by atoms with van der Waals surface area (Å²) < 4.78 is 11.4. The second-order valence-corrected chi connectivity index (χ2v) is 7.85. The summed E-state index contributed by atoms with van der Waals surface area (Å²) in [6.07, 6.45) is 4.29. The Bertz CT molecular complexity index is 1050. The summed E-state index contributed by atoms with van der Waals surface area (Å²) in [6.45, 7) is 8.25. The lowest BCUT2D eigenvalue weighted by molar-refractivity contribution is 0.122. The lowest BCUT2D eigenvalue weighted by Crippen LogP contribution is -2.37. The van der Waals surface area contributed by atoms with Crippen molar-refractivity contribution in [1.82, 2.24) is 15.0 Å². The Balaban J connectivity index is 1.49. The molecule has 0 bridgehead atoms. The standard InChI is InChI=1S/C25H29N5O2/c1-19-6-7-20(2)21(15-19)17-26-18-23-16-24(30-10-13-31-14-11-30)29-25(28-23)32-12-8-22-5-3-4-9-27-22/h3-7,9,15-16,18H,8,10-14,17H2,1-2H3. The van der Waals surface area contributed by atoms with E-state index in [9.17, 15) is 0 Å². The second kappa shape index (κ2) is 10.8. The summed E-state index contributed by atoms with van der Waals surface area (Å²) in [7, 11) is 0. The number of aromatic nitrogens is 3. The van der Waals surface area contributed by atoms with E-state index in [-0.39, 0.29) is 0 Å². The minimum atomic E-state index is 0.359. The van der Waals surface area contributed by atoms with Gasteiger partial charge >= 0.3 is 6.01 Å². The van der Waals surface area contributed by atoms with Crippen molar-refractivity contribution in [2.45, 2.75) is 26.8 Å². The molecule has 0 spiro atoms. The Morgan fingerprint density at radius 2 is 1.97 bits per heavy atom. The van der Waals surface area contributed by atoms with E-state index >= 15 is 0 Å². The number of pyridine rings is 1. The minimum absolute atomic E-state index is 0.359. The number of aliphatic imine (C=N–C) groups is 1. The van der Waals surface area contributed by atoms with Crippen molar-refractivity contribution >= 4 is 12.0 Å². The van der Waals surface area contributed by atoms with Crippen LogP contribution in [0.5, 0.6) is 6.01 Å². The van der Waals surface area contributed by atoms with Crippen molar-refractivity contribution in [3.05, 3.63) is 76.7 Å². The average Bonchev–Trinajstić information content (AvgIpc) is 2.82. The highest BCUT2D eigenvalue weighted by atomic mass is 16.5. The predicted molar refractivity (Wildman–Crippen MR) is 126 cm³/mol. The molecule has 32 heavy (non-hydrogen) atoms. The fraction of sp³-hybridized carbons (Fsp3) is 0.360. The fourth-order valence-corrected chi connectivity index (χ4v) is 3.52. The van der Waals surface area contributed by atoms with Crippen LogP contribution < -0.4 is 9.64 Å². The quantitative estimate of drug-likeness (QED) is 0.508. The zero-order valence-electron chi connectivity index (χ0n) is 18.7. The molecule has 0 atom stereocenters. The summed E-state index contributed by atoms with van der Waals surface area (Å²) in [5, 5.41) is 0. The average molecular weight is 432 g/mol. The van der Waals surface area contributed by atoms with Crippen LogP contribution in [0.1, 0.15) is 28.1 Å². The molecule has 3 heterocycles. The van der Waals surface area contributed by atoms with Crippen molar-refractivity contribution < 1.29 is 9.47 Å². The molecule has 0 aliphatic carbocycles. The van der Waals surface area contributed by atoms with E-state index in [4.69, 9.17) is 9.47 Å². The maximum absolute atomic E-state index is 5.90. The zero-order valence-corrected chi connectivity index (χ0v) is 18.7. The van der Waals surface area contributed by atoms with Crippen LogP contribution in [0.2, 0.25) is 0 Å². The lowest BCUT2D eigenvalue weighted by Gasteiger charge is -2.28. The first-order valence-corrected chi connectivity index (χ1v) is 11.0. The fourth-order valence-electron chi connectivity index (χ4n) is 3.52. The van der Waals surface area contributed by atoms with Gasteiger partial charge in [0, 0.05) is 43.7 Å². The summed E-state index contributed by atoms with van der Waals surface area (Å²) >= 11 is 0. The molecule has 1 aromatic carbocycles. The Labute approximate surface area is 189 Å². The summed E-state index contributed by atoms with van der Waals surface area (Å²) in [4.78, 5) is 20.4. The monoisotopic (exact) mass is 431 g/mol. The van der Waals surface area contributed by atoms with Gasteiger partial charge in [-0.05, 0) is 37.1 Å². The third-order valence-electron chi connectivity index (χ3n) is 5.35. The van der Waals surface area contributed by atoms with Crippen molar-refractivity contribution in [3.63, 3.8) is 0 Å². The van der Waals surface area contributed by atoms with Crippen LogP contribution in [0.15, 0.2) is 53.7 Å². The topological polar surface area (TPSA) is 72.7 Å². The zero-order chi connectivity index (χ0) is 22.2. The number of morpholine rings is 1. The van der Waals surface area contributed by atoms with Crippen LogP contribution in [-0.2, 0) is 17.7 Å². The van der Waals surface area contributed by atoms with Crippen LogP contribution in [0.25, 0.3) is 0 Å². The number of anilines is 1. The highest BCUT2D eigenvalue weighted by Crippen LogP contribution is 2.18. The van der Waals surface area contributed by atoms with E-state index in [1.807, 2.05) is 24.3 Å². The van der Waals surface area contributed by atoms with Crippen LogP contribution in [0.3, 0.4) is 0 Å². The molecular weight excluding hydrogens is 402 g/mol. The van der Waals surface area contributed by atoms with E-state index < -0.39 is 0 Å². The Hall–Kier alpha value is -3.32. The Kier molecular flexibility index (Phi) is 7.40. The Morgan fingerprint density at radius 1 is 1.09 bits per heavy atom. The Morgan fingerprint density at radius 3 is 2.78 bits per heavy atom. The molecule has 1 saturated heterocycles. The highest BCUT2D eigenvalue weighted by Gasteiger charge is 2.15. The van der Waals surface area contributed by atoms with Crippen molar-refractivity contribution in [1.29, 1.82) is 0 Å². The van der Waals surface area contributed by atoms with Gasteiger partial charge in [0.15, 0.2) is 0 Å². The SMILES string of the molecule is Cc1ccc(C)c(CN=Cc2cc(N3CCOCC3)nc(OCCc3ccccn3)n2)c1. The van der Waals surface area contributed by atoms with Gasteiger partial charge in [-0.1, -0.05) is 29.8 Å². The number of ether oxygens (including phenoxy) is 2. The summed E-state index contributed by atoms with van der Waals surface area (Å²) in [5.41, 5.74) is 5.41. The molecule has 7 heteroatoms. The molecule has 0 unspecified atom stereocenters. The number of rotatable bonds is 8. The molecule has 1 aliphatic heterocycles. The maximum atomic E-state index is 5.90. The molecule has 0 amide bonds. The van der Waals surface area contributed by atoms with Gasteiger partial charge in [-0.3, -0.25) is 9.98 Å². The van der Waals surface area contributed by atoms with Crippen molar-refractivity contribution in [2.75, 3.05) is 37.8 Å². The lowest BCUT2D eigenvalue weighted by atomic mass is 10.1. The van der Waals surface area contributed by atoms with Gasteiger partial charge in [0.05, 0.1) is 32.1 Å². The number of benzene rings is 1. The summed E-state index contributed by atoms with van der Waals surface area (Å²) in [6, 6.07) is 14.6. The maximum Gasteiger partial charge on any atom is 0.318 e. The van der Waals surface area contributed by atoms with Gasteiger partial charge in [0.25, 0.3) is 0 Å². The molecule has 2 aromatic heterocycles. The molecule has 1 fully saturated rings. The highest BCUT2D eigenvalue weighted by molar-refractivity contribution is 5.78. The first-order chi connectivity index (χ1) is 15.7. The van der Waals surface area contributed by atoms with Gasteiger partial charge in [-0.2, -0.15) is 9.97 Å². The van der Waals surface area contributed by atoms with E-state index in [1.54, 1.807) is 12.4 Å². The van der Waals surface area contributed by atoms with Gasteiger partial charge in [-0.15, -0.1) is 0 Å². The van der Waals surface area contributed by atoms with Crippen LogP contribution in [0, 0.1) is 13.8 Å².